The van der Waals surface area contributed by atoms with Crippen LogP contribution in [0.3, 0.4) is 0 Å². The first-order chi connectivity index (χ1) is 13.7. The van der Waals surface area contributed by atoms with Crippen molar-refractivity contribution in [3.8, 4) is 5.75 Å². The van der Waals surface area contributed by atoms with Crippen molar-refractivity contribution in [2.24, 2.45) is 0 Å². The van der Waals surface area contributed by atoms with Crippen LogP contribution in [-0.4, -0.2) is 32.8 Å². The number of hydrogen-bond acceptors (Lipinski definition) is 4. The number of fused-ring (bicyclic) bond motifs is 1. The average molecular weight is 409 g/mol. The van der Waals surface area contributed by atoms with Crippen molar-refractivity contribution in [1.82, 2.24) is 9.47 Å². The molecule has 4 nitrogen and oxygen atoms in total. The summed E-state index contributed by atoms with van der Waals surface area (Å²) in [6.07, 6.45) is 4.03. The van der Waals surface area contributed by atoms with Gasteiger partial charge in [-0.2, -0.15) is 0 Å². The Labute approximate surface area is 173 Å². The van der Waals surface area contributed by atoms with Gasteiger partial charge in [-0.15, -0.1) is 0 Å². The molecule has 0 aliphatic carbocycles. The van der Waals surface area contributed by atoms with Gasteiger partial charge in [-0.3, -0.25) is 9.69 Å². The molecule has 2 aromatic carbocycles. The van der Waals surface area contributed by atoms with Crippen LogP contribution in [0.1, 0.15) is 12.5 Å². The summed E-state index contributed by atoms with van der Waals surface area (Å²) >= 11 is 6.69. The highest BCUT2D eigenvalue weighted by Crippen LogP contribution is 2.34. The number of aromatic nitrogens is 1. The highest BCUT2D eigenvalue weighted by Gasteiger charge is 2.30. The van der Waals surface area contributed by atoms with Gasteiger partial charge in [0, 0.05) is 29.2 Å². The molecule has 1 saturated heterocycles. The molecule has 2 heterocycles. The number of rotatable bonds is 6. The summed E-state index contributed by atoms with van der Waals surface area (Å²) < 4.78 is 8.64. The molecule has 1 aromatic heterocycles. The van der Waals surface area contributed by atoms with E-state index >= 15 is 0 Å². The van der Waals surface area contributed by atoms with Crippen LogP contribution in [-0.2, 0) is 11.3 Å². The minimum atomic E-state index is -0.0123. The van der Waals surface area contributed by atoms with Crippen molar-refractivity contribution in [3.63, 3.8) is 0 Å². The summed E-state index contributed by atoms with van der Waals surface area (Å²) in [6.45, 7) is 3.83. The SMILES string of the molecule is CCN1C(=O)/C(=C\c2cn(CCOc3ccccc3)c3ccccc23)SC1=S. The summed E-state index contributed by atoms with van der Waals surface area (Å²) in [5.74, 6) is 0.851. The number of thiocarbonyl (C=S) groups is 1. The zero-order valence-corrected chi connectivity index (χ0v) is 17.1. The van der Waals surface area contributed by atoms with Gasteiger partial charge in [-0.05, 0) is 31.2 Å². The molecule has 1 aliphatic heterocycles. The van der Waals surface area contributed by atoms with Crippen LogP contribution in [0.2, 0.25) is 0 Å². The summed E-state index contributed by atoms with van der Waals surface area (Å²) in [5.41, 5.74) is 2.14. The third-order valence-corrected chi connectivity index (χ3v) is 6.02. The standard InChI is InChI=1S/C22H20N2O2S2/c1-2-24-21(25)20(28-22(24)27)14-16-15-23(19-11-7-6-10-18(16)19)12-13-26-17-8-4-3-5-9-17/h3-11,14-15H,2,12-13H2,1H3/b20-14+. The molecule has 0 bridgehead atoms. The second-order valence-electron chi connectivity index (χ2n) is 6.38. The van der Waals surface area contributed by atoms with Gasteiger partial charge in [-0.25, -0.2) is 0 Å². The highest BCUT2D eigenvalue weighted by molar-refractivity contribution is 8.26. The smallest absolute Gasteiger partial charge is 0.266 e. The van der Waals surface area contributed by atoms with Gasteiger partial charge in [-0.1, -0.05) is 60.4 Å². The maximum atomic E-state index is 12.5. The number of amides is 1. The number of benzene rings is 2. The Kier molecular flexibility index (Phi) is 5.50. The minimum Gasteiger partial charge on any atom is -0.492 e. The zero-order valence-electron chi connectivity index (χ0n) is 15.5. The summed E-state index contributed by atoms with van der Waals surface area (Å²) in [5, 5.41) is 1.11. The Morgan fingerprint density at radius 2 is 1.86 bits per heavy atom. The maximum absolute atomic E-state index is 12.5. The van der Waals surface area contributed by atoms with Gasteiger partial charge in [0.1, 0.15) is 16.7 Å². The van der Waals surface area contributed by atoms with E-state index in [-0.39, 0.29) is 5.91 Å². The minimum absolute atomic E-state index is 0.0123. The fraction of sp³-hybridized carbons (Fsp3) is 0.182. The molecule has 3 aromatic rings. The number of likely N-dealkylation sites (N-methyl/N-ethyl adjacent to an activating group) is 1. The highest BCUT2D eigenvalue weighted by atomic mass is 32.2. The van der Waals surface area contributed by atoms with E-state index in [9.17, 15) is 4.79 Å². The van der Waals surface area contributed by atoms with Crippen molar-refractivity contribution in [2.75, 3.05) is 13.2 Å². The van der Waals surface area contributed by atoms with E-state index in [0.29, 0.717) is 22.4 Å². The second kappa shape index (κ2) is 8.20. The molecule has 0 atom stereocenters. The molecule has 6 heteroatoms. The largest absolute Gasteiger partial charge is 0.492 e. The molecule has 1 amide bonds. The molecule has 1 fully saturated rings. The van der Waals surface area contributed by atoms with Gasteiger partial charge in [0.05, 0.1) is 11.4 Å². The molecule has 4 rings (SSSR count). The van der Waals surface area contributed by atoms with Crippen molar-refractivity contribution in [2.45, 2.75) is 13.5 Å². The quantitative estimate of drug-likeness (QED) is 0.427. The third kappa shape index (κ3) is 3.70. The van der Waals surface area contributed by atoms with E-state index in [2.05, 4.69) is 22.9 Å². The van der Waals surface area contributed by atoms with Crippen LogP contribution in [0.5, 0.6) is 5.75 Å². The third-order valence-electron chi connectivity index (χ3n) is 4.64. The van der Waals surface area contributed by atoms with Crippen molar-refractivity contribution in [3.05, 3.63) is 71.3 Å². The number of para-hydroxylation sites is 2. The lowest BCUT2D eigenvalue weighted by Crippen LogP contribution is -2.27. The first kappa shape index (κ1) is 18.8. The molecule has 0 unspecified atom stereocenters. The van der Waals surface area contributed by atoms with Crippen LogP contribution in [0.25, 0.3) is 17.0 Å². The summed E-state index contributed by atoms with van der Waals surface area (Å²) in [4.78, 5) is 14.9. The Morgan fingerprint density at radius 1 is 1.11 bits per heavy atom. The summed E-state index contributed by atoms with van der Waals surface area (Å²) in [6, 6.07) is 18.0. The fourth-order valence-corrected chi connectivity index (χ4v) is 4.64. The zero-order chi connectivity index (χ0) is 19.5. The number of carbonyl (C=O) groups excluding carboxylic acids is 1. The second-order valence-corrected chi connectivity index (χ2v) is 8.06. The molecular weight excluding hydrogens is 388 g/mol. The number of thioether (sulfide) groups is 1. The molecule has 0 spiro atoms. The molecule has 28 heavy (non-hydrogen) atoms. The Balaban J connectivity index is 1.59. The van der Waals surface area contributed by atoms with Crippen LogP contribution in [0.15, 0.2) is 65.7 Å². The molecule has 0 N–H and O–H groups in total. The molecule has 1 aliphatic rings. The lowest BCUT2D eigenvalue weighted by molar-refractivity contribution is -0.121. The van der Waals surface area contributed by atoms with Gasteiger partial charge in [0.25, 0.3) is 5.91 Å². The molecule has 0 saturated carbocycles. The van der Waals surface area contributed by atoms with Gasteiger partial charge >= 0.3 is 0 Å². The fourth-order valence-electron chi connectivity index (χ4n) is 3.27. The van der Waals surface area contributed by atoms with E-state index < -0.39 is 0 Å². The van der Waals surface area contributed by atoms with Crippen molar-refractivity contribution < 1.29 is 9.53 Å². The lowest BCUT2D eigenvalue weighted by Gasteiger charge is -2.09. The van der Waals surface area contributed by atoms with Crippen LogP contribution in [0, 0.1) is 0 Å². The topological polar surface area (TPSA) is 34.5 Å². The van der Waals surface area contributed by atoms with E-state index in [1.807, 2.05) is 55.5 Å². The molecule has 142 valence electrons. The van der Waals surface area contributed by atoms with Crippen LogP contribution >= 0.6 is 24.0 Å². The van der Waals surface area contributed by atoms with E-state index in [1.165, 1.54) is 11.8 Å². The Bertz CT molecular complexity index is 1060. The van der Waals surface area contributed by atoms with E-state index in [0.717, 1.165) is 28.8 Å². The normalized spacial score (nSPS) is 15.8. The Morgan fingerprint density at radius 3 is 2.61 bits per heavy atom. The lowest BCUT2D eigenvalue weighted by atomic mass is 10.1. The van der Waals surface area contributed by atoms with Gasteiger partial charge < -0.3 is 9.30 Å². The van der Waals surface area contributed by atoms with E-state index in [1.54, 1.807) is 4.90 Å². The number of nitrogens with zero attached hydrogens (tertiary/aromatic N) is 2. The first-order valence-electron chi connectivity index (χ1n) is 9.18. The number of hydrogen-bond donors (Lipinski definition) is 0. The monoisotopic (exact) mass is 408 g/mol. The van der Waals surface area contributed by atoms with Crippen molar-refractivity contribution >= 4 is 51.2 Å². The van der Waals surface area contributed by atoms with Crippen LogP contribution in [0.4, 0.5) is 0 Å². The predicted octanol–water partition coefficient (Wildman–Crippen LogP) is 4.94. The number of ether oxygens (including phenoxy) is 1. The van der Waals surface area contributed by atoms with Gasteiger partial charge in [0.15, 0.2) is 0 Å². The number of carbonyl (C=O) groups is 1. The van der Waals surface area contributed by atoms with Crippen LogP contribution < -0.4 is 4.74 Å². The average Bonchev–Trinajstić information content (AvgIpc) is 3.20. The Hall–Kier alpha value is -2.57. The molecule has 0 radical (unpaired) electrons. The first-order valence-corrected chi connectivity index (χ1v) is 10.4. The van der Waals surface area contributed by atoms with Gasteiger partial charge in [0.2, 0.25) is 0 Å². The van der Waals surface area contributed by atoms with Crippen molar-refractivity contribution in [1.29, 1.82) is 0 Å². The van der Waals surface area contributed by atoms with E-state index in [4.69, 9.17) is 17.0 Å². The predicted molar refractivity (Wildman–Crippen MR) is 119 cm³/mol. The summed E-state index contributed by atoms with van der Waals surface area (Å²) in [7, 11) is 0. The molecular formula is C22H20N2O2S2. The maximum Gasteiger partial charge on any atom is 0.266 e.